The predicted molar refractivity (Wildman–Crippen MR) is 165 cm³/mol. The van der Waals surface area contributed by atoms with Crippen molar-refractivity contribution in [1.29, 1.82) is 0 Å². The minimum Gasteiger partial charge on any atom is -0.374 e. The lowest BCUT2D eigenvalue weighted by atomic mass is 9.84. The van der Waals surface area contributed by atoms with Gasteiger partial charge in [0, 0.05) is 25.9 Å². The Balaban J connectivity index is 2.32. The molecular formula is C31H54N6O7. The van der Waals surface area contributed by atoms with Gasteiger partial charge < -0.3 is 36.6 Å². The summed E-state index contributed by atoms with van der Waals surface area (Å²) in [5.74, 6) is -3.38. The second-order valence-electron chi connectivity index (χ2n) is 14.7. The molecule has 2 unspecified atom stereocenters. The average molecular weight is 623 g/mol. The predicted octanol–water partition coefficient (Wildman–Crippen LogP) is 1.27. The molecule has 2 aliphatic heterocycles. The number of nitrogens with two attached hydrogens (primary N) is 1. The number of carbonyl (C=O) groups excluding carboxylic acids is 6. The van der Waals surface area contributed by atoms with Crippen LogP contribution >= 0.6 is 0 Å². The van der Waals surface area contributed by atoms with Crippen LogP contribution in [-0.2, 0) is 24.0 Å². The van der Waals surface area contributed by atoms with Crippen molar-refractivity contribution in [3.63, 3.8) is 0 Å². The summed E-state index contributed by atoms with van der Waals surface area (Å²) in [5.41, 5.74) is 3.98. The zero-order valence-corrected chi connectivity index (χ0v) is 27.9. The van der Waals surface area contributed by atoms with Crippen LogP contribution in [0.15, 0.2) is 0 Å². The third-order valence-corrected chi connectivity index (χ3v) is 8.72. The van der Waals surface area contributed by atoms with E-state index in [1.165, 1.54) is 9.80 Å². The molecule has 2 fully saturated rings. The number of hydrogen-bond acceptors (Lipinski definition) is 7. The largest absolute Gasteiger partial charge is 0.374 e. The Morgan fingerprint density at radius 1 is 0.977 bits per heavy atom. The second-order valence-corrected chi connectivity index (χ2v) is 14.7. The monoisotopic (exact) mass is 622 g/mol. The Bertz CT molecular complexity index is 1100. The van der Waals surface area contributed by atoms with E-state index in [-0.39, 0.29) is 43.7 Å². The van der Waals surface area contributed by atoms with E-state index in [1.54, 1.807) is 0 Å². The van der Waals surface area contributed by atoms with Crippen LogP contribution < -0.4 is 21.7 Å². The maximum Gasteiger partial charge on any atom is 0.315 e. The van der Waals surface area contributed by atoms with Gasteiger partial charge in [-0.25, -0.2) is 4.79 Å². The van der Waals surface area contributed by atoms with E-state index in [2.05, 4.69) is 16.0 Å². The van der Waals surface area contributed by atoms with E-state index in [0.717, 1.165) is 0 Å². The zero-order valence-electron chi connectivity index (χ0n) is 27.9. The molecule has 6 N–H and O–H groups in total. The van der Waals surface area contributed by atoms with Gasteiger partial charge in [0.2, 0.25) is 23.5 Å². The molecule has 250 valence electrons. The molecule has 0 spiro atoms. The van der Waals surface area contributed by atoms with Crippen LogP contribution in [-0.4, -0.2) is 93.8 Å². The molecule has 0 aliphatic carbocycles. The Labute approximate surface area is 261 Å². The summed E-state index contributed by atoms with van der Waals surface area (Å²) in [5, 5.41) is 18.7. The van der Waals surface area contributed by atoms with Crippen LogP contribution in [0.4, 0.5) is 4.79 Å². The first-order valence-electron chi connectivity index (χ1n) is 15.7. The van der Waals surface area contributed by atoms with E-state index in [9.17, 15) is 33.9 Å². The summed E-state index contributed by atoms with van der Waals surface area (Å²) in [6, 6.07) is -4.18. The van der Waals surface area contributed by atoms with Gasteiger partial charge in [0.1, 0.15) is 18.3 Å². The molecule has 13 nitrogen and oxygen atoms in total. The highest BCUT2D eigenvalue weighted by molar-refractivity contribution is 6.37. The second kappa shape index (κ2) is 14.7. The van der Waals surface area contributed by atoms with Crippen molar-refractivity contribution in [2.45, 2.75) is 125 Å². The van der Waals surface area contributed by atoms with E-state index in [0.29, 0.717) is 19.3 Å². The van der Waals surface area contributed by atoms with Crippen molar-refractivity contribution in [3.05, 3.63) is 0 Å². The molecule has 2 rings (SSSR count). The molecule has 6 atom stereocenters. The molecule has 0 saturated carbocycles. The topological polar surface area (TPSA) is 191 Å². The lowest BCUT2D eigenvalue weighted by Crippen LogP contribution is -2.62. The molecular weight excluding hydrogens is 568 g/mol. The molecule has 0 aromatic carbocycles. The van der Waals surface area contributed by atoms with Gasteiger partial charge in [-0.05, 0) is 35.5 Å². The molecule has 44 heavy (non-hydrogen) atoms. The number of primary amides is 1. The summed E-state index contributed by atoms with van der Waals surface area (Å²) < 4.78 is 0. The van der Waals surface area contributed by atoms with Crippen molar-refractivity contribution in [3.8, 4) is 0 Å². The van der Waals surface area contributed by atoms with Crippen LogP contribution in [0.25, 0.3) is 0 Å². The number of nitrogens with zero attached hydrogens (tertiary/aromatic N) is 2. The van der Waals surface area contributed by atoms with Gasteiger partial charge in [-0.2, -0.15) is 0 Å². The van der Waals surface area contributed by atoms with Crippen molar-refractivity contribution in [2.75, 3.05) is 13.1 Å². The fourth-order valence-electron chi connectivity index (χ4n) is 5.90. The van der Waals surface area contributed by atoms with Gasteiger partial charge in [0.25, 0.3) is 5.91 Å². The lowest BCUT2D eigenvalue weighted by Gasteiger charge is -2.39. The summed E-state index contributed by atoms with van der Waals surface area (Å²) in [4.78, 5) is 80.5. The van der Waals surface area contributed by atoms with Crippen molar-refractivity contribution < 1.29 is 33.9 Å². The first-order chi connectivity index (χ1) is 20.2. The lowest BCUT2D eigenvalue weighted by molar-refractivity contribution is -0.144. The summed E-state index contributed by atoms with van der Waals surface area (Å²) in [6.07, 6.45) is 0.954. The molecule has 2 saturated heterocycles. The quantitative estimate of drug-likeness (QED) is 0.202. The first kappa shape index (κ1) is 37.0. The fraction of sp³-hybridized carbons (Fsp3) is 0.806. The van der Waals surface area contributed by atoms with Gasteiger partial charge >= 0.3 is 6.03 Å². The van der Waals surface area contributed by atoms with Crippen molar-refractivity contribution in [1.82, 2.24) is 25.8 Å². The van der Waals surface area contributed by atoms with Gasteiger partial charge in [-0.3, -0.25) is 24.0 Å². The molecule has 0 bridgehead atoms. The highest BCUT2D eigenvalue weighted by Gasteiger charge is 2.48. The number of amides is 6. The molecule has 6 amide bonds. The minimum absolute atomic E-state index is 0.0283. The Morgan fingerprint density at radius 2 is 1.59 bits per heavy atom. The van der Waals surface area contributed by atoms with Crippen LogP contribution in [0.3, 0.4) is 0 Å². The normalized spacial score (nSPS) is 22.9. The number of hydrogen-bond donors (Lipinski definition) is 5. The van der Waals surface area contributed by atoms with Crippen LogP contribution in [0.5, 0.6) is 0 Å². The van der Waals surface area contributed by atoms with E-state index < -0.39 is 70.8 Å². The number of rotatable bonds is 12. The van der Waals surface area contributed by atoms with Gasteiger partial charge in [0.15, 0.2) is 0 Å². The Morgan fingerprint density at radius 3 is 2.05 bits per heavy atom. The number of Topliss-reactive ketones (excluding diaryl/α,β-unsaturated/α-hetero) is 1. The van der Waals surface area contributed by atoms with E-state index in [4.69, 9.17) is 5.73 Å². The molecule has 2 aliphatic rings. The van der Waals surface area contributed by atoms with E-state index in [1.807, 2.05) is 62.3 Å². The van der Waals surface area contributed by atoms with Gasteiger partial charge in [-0.1, -0.05) is 68.7 Å². The number of aliphatic hydroxyl groups is 1. The fourth-order valence-corrected chi connectivity index (χ4v) is 5.90. The summed E-state index contributed by atoms with van der Waals surface area (Å²) >= 11 is 0. The van der Waals surface area contributed by atoms with Crippen molar-refractivity contribution >= 4 is 35.4 Å². The molecule has 0 radical (unpaired) electrons. The van der Waals surface area contributed by atoms with Crippen molar-refractivity contribution in [2.24, 2.45) is 28.4 Å². The molecule has 2 heterocycles. The highest BCUT2D eigenvalue weighted by atomic mass is 16.3. The SMILES string of the molecule is CCCC(NC(=O)[C@@H]1[C@@H](C(C)C)CCN1C(=O)[C@@H](NC(=O)N[C@H](CN1C(=O)CCC1O)C(C)(C)C)C(C)(C)C)C(=O)C(N)=O. The number of ketones is 1. The van der Waals surface area contributed by atoms with Crippen LogP contribution in [0.1, 0.15) is 94.4 Å². The van der Waals surface area contributed by atoms with Crippen LogP contribution in [0.2, 0.25) is 0 Å². The first-order valence-corrected chi connectivity index (χ1v) is 15.7. The Hall–Kier alpha value is -3.22. The van der Waals surface area contributed by atoms with Crippen LogP contribution in [0, 0.1) is 22.7 Å². The number of nitrogens with one attached hydrogen (secondary N) is 3. The Kier molecular flexibility index (Phi) is 12.4. The number of carbonyl (C=O) groups is 6. The molecule has 0 aromatic rings. The van der Waals surface area contributed by atoms with Gasteiger partial charge in [-0.15, -0.1) is 0 Å². The minimum atomic E-state index is -1.14. The summed E-state index contributed by atoms with van der Waals surface area (Å²) in [7, 11) is 0. The third kappa shape index (κ3) is 9.15. The standard InChI is InChI=1S/C31H54N6O7/c1-10-11-19(24(40)26(32)41)33-27(42)23-18(17(2)3)14-15-36(23)28(43)25(31(7,8)9)35-29(44)34-20(30(4,5)6)16-37-21(38)12-13-22(37)39/h17-21,23,25,38H,10-16H2,1-9H3,(H2,32,41)(H,33,42)(H2,34,35,44)/t18-,19?,20-,21?,23+,25-/m1/s1. The van der Waals surface area contributed by atoms with Gasteiger partial charge in [0.05, 0.1) is 12.1 Å². The summed E-state index contributed by atoms with van der Waals surface area (Å²) in [6.45, 7) is 17.3. The molecule has 0 aromatic heterocycles. The average Bonchev–Trinajstić information content (AvgIpc) is 3.48. The third-order valence-electron chi connectivity index (χ3n) is 8.72. The highest BCUT2D eigenvalue weighted by Crippen LogP contribution is 2.33. The number of aliphatic hydroxyl groups excluding tert-OH is 1. The smallest absolute Gasteiger partial charge is 0.315 e. The number of urea groups is 1. The maximum absolute atomic E-state index is 14.2. The zero-order chi connectivity index (χ0) is 33.7. The molecule has 13 heteroatoms. The number of likely N-dealkylation sites (tertiary alicyclic amines) is 2. The maximum atomic E-state index is 14.2. The van der Waals surface area contributed by atoms with E-state index >= 15 is 0 Å².